The third kappa shape index (κ3) is 3.85. The van der Waals surface area contributed by atoms with Crippen molar-refractivity contribution < 1.29 is 19.1 Å². The molecule has 0 aliphatic rings. The molecule has 0 aliphatic heterocycles. The Kier molecular flexibility index (Phi) is 5.27. The molecular weight excluding hydrogens is 369 g/mol. The number of benzene rings is 2. The molecule has 0 spiro atoms. The normalized spacial score (nSPS) is 11.8. The third-order valence-electron chi connectivity index (χ3n) is 4.09. The van der Waals surface area contributed by atoms with Crippen LogP contribution in [-0.2, 0) is 0 Å². The summed E-state index contributed by atoms with van der Waals surface area (Å²) in [5, 5.41) is 13.4. The standard InChI is InChI=1S/C19H16FN3O3S/c1-11(12-6-8-14(20)9-7-12)22-19(26)23(27)17-15-5-3-2-4-13(15)10-21-16(17)18(24)25/h2-11,27H,1H3,(H,22,26)(H,24,25). The van der Waals surface area contributed by atoms with E-state index in [1.165, 1.54) is 18.3 Å². The number of carboxylic acids is 1. The van der Waals surface area contributed by atoms with Crippen LogP contribution in [0.5, 0.6) is 0 Å². The number of halogens is 1. The van der Waals surface area contributed by atoms with E-state index in [0.717, 1.165) is 4.31 Å². The highest BCUT2D eigenvalue weighted by Crippen LogP contribution is 2.31. The first-order chi connectivity index (χ1) is 12.9. The predicted molar refractivity (Wildman–Crippen MR) is 104 cm³/mol. The largest absolute Gasteiger partial charge is 0.476 e. The molecule has 1 atom stereocenters. The fourth-order valence-corrected chi connectivity index (χ4v) is 2.96. The van der Waals surface area contributed by atoms with Crippen molar-refractivity contribution in [1.29, 1.82) is 0 Å². The fourth-order valence-electron chi connectivity index (χ4n) is 2.70. The van der Waals surface area contributed by atoms with Crippen molar-refractivity contribution in [2.45, 2.75) is 13.0 Å². The fraction of sp³-hybridized carbons (Fsp3) is 0.105. The molecule has 0 saturated heterocycles. The summed E-state index contributed by atoms with van der Waals surface area (Å²) in [6.07, 6.45) is 1.43. The molecule has 3 rings (SSSR count). The summed E-state index contributed by atoms with van der Waals surface area (Å²) in [6.45, 7) is 1.73. The number of amides is 2. The molecule has 0 saturated carbocycles. The molecule has 0 radical (unpaired) electrons. The van der Waals surface area contributed by atoms with E-state index in [0.29, 0.717) is 16.3 Å². The van der Waals surface area contributed by atoms with Gasteiger partial charge in [-0.1, -0.05) is 49.2 Å². The van der Waals surface area contributed by atoms with Crippen molar-refractivity contribution in [1.82, 2.24) is 10.3 Å². The lowest BCUT2D eigenvalue weighted by atomic mass is 10.1. The van der Waals surface area contributed by atoms with Crippen LogP contribution in [0, 0.1) is 5.82 Å². The number of hydrogen-bond donors (Lipinski definition) is 3. The highest BCUT2D eigenvalue weighted by Gasteiger charge is 2.24. The molecule has 0 fully saturated rings. The van der Waals surface area contributed by atoms with Crippen LogP contribution in [0.1, 0.15) is 29.0 Å². The molecule has 6 nitrogen and oxygen atoms in total. The Labute approximate surface area is 160 Å². The lowest BCUT2D eigenvalue weighted by Crippen LogP contribution is -2.36. The second-order valence-corrected chi connectivity index (χ2v) is 6.28. The summed E-state index contributed by atoms with van der Waals surface area (Å²) < 4.78 is 14.0. The maximum atomic E-state index is 13.1. The maximum absolute atomic E-state index is 13.1. The molecule has 2 N–H and O–H groups in total. The van der Waals surface area contributed by atoms with E-state index in [2.05, 4.69) is 23.1 Å². The molecule has 0 bridgehead atoms. The van der Waals surface area contributed by atoms with Gasteiger partial charge < -0.3 is 10.4 Å². The van der Waals surface area contributed by atoms with Crippen LogP contribution < -0.4 is 9.62 Å². The van der Waals surface area contributed by atoms with Gasteiger partial charge in [0.25, 0.3) is 0 Å². The summed E-state index contributed by atoms with van der Waals surface area (Å²) in [7, 11) is 0. The lowest BCUT2D eigenvalue weighted by Gasteiger charge is -2.22. The molecule has 2 amide bonds. The first-order valence-corrected chi connectivity index (χ1v) is 8.44. The van der Waals surface area contributed by atoms with Gasteiger partial charge in [0.2, 0.25) is 0 Å². The number of carbonyl (C=O) groups is 2. The molecular formula is C19H16FN3O3S. The summed E-state index contributed by atoms with van der Waals surface area (Å²) in [6, 6.07) is 11.6. The van der Waals surface area contributed by atoms with E-state index in [4.69, 9.17) is 0 Å². The number of hydrogen-bond acceptors (Lipinski definition) is 4. The number of anilines is 1. The number of carbonyl (C=O) groups excluding carboxylic acids is 1. The Morgan fingerprint density at radius 3 is 2.52 bits per heavy atom. The predicted octanol–water partition coefficient (Wildman–Crippen LogP) is 4.19. The van der Waals surface area contributed by atoms with Gasteiger partial charge in [0.15, 0.2) is 5.69 Å². The minimum absolute atomic E-state index is 0.0766. The number of nitrogens with zero attached hydrogens (tertiary/aromatic N) is 2. The molecule has 3 aromatic rings. The second-order valence-electron chi connectivity index (χ2n) is 5.88. The minimum atomic E-state index is -1.27. The second kappa shape index (κ2) is 7.63. The number of aromatic carboxylic acids is 1. The Morgan fingerprint density at radius 2 is 1.85 bits per heavy atom. The molecule has 1 aromatic heterocycles. The summed E-state index contributed by atoms with van der Waals surface area (Å²) >= 11 is 4.22. The Hall–Kier alpha value is -3.13. The van der Waals surface area contributed by atoms with E-state index in [-0.39, 0.29) is 17.2 Å². The minimum Gasteiger partial charge on any atom is -0.476 e. The van der Waals surface area contributed by atoms with E-state index >= 15 is 0 Å². The van der Waals surface area contributed by atoms with Crippen molar-refractivity contribution in [3.8, 4) is 0 Å². The summed E-state index contributed by atoms with van der Waals surface area (Å²) in [5.41, 5.74) is 0.488. The molecule has 0 aliphatic carbocycles. The van der Waals surface area contributed by atoms with Gasteiger partial charge in [0, 0.05) is 17.0 Å². The number of thiol groups is 1. The van der Waals surface area contributed by atoms with Crippen LogP contribution in [0.2, 0.25) is 0 Å². The lowest BCUT2D eigenvalue weighted by molar-refractivity contribution is 0.0692. The van der Waals surface area contributed by atoms with Crippen LogP contribution in [-0.4, -0.2) is 22.1 Å². The van der Waals surface area contributed by atoms with Crippen molar-refractivity contribution in [3.05, 3.63) is 71.8 Å². The zero-order valence-corrected chi connectivity index (χ0v) is 15.2. The van der Waals surface area contributed by atoms with Gasteiger partial charge in [-0.2, -0.15) is 0 Å². The number of rotatable bonds is 4. The van der Waals surface area contributed by atoms with Crippen molar-refractivity contribution >= 4 is 41.3 Å². The SMILES string of the molecule is CC(NC(=O)N(S)c1c(C(=O)O)ncc2ccccc12)c1ccc(F)cc1. The van der Waals surface area contributed by atoms with Crippen molar-refractivity contribution in [3.63, 3.8) is 0 Å². The van der Waals surface area contributed by atoms with Gasteiger partial charge in [-0.05, 0) is 24.6 Å². The number of nitrogens with one attached hydrogen (secondary N) is 1. The number of carboxylic acid groups (broad SMARTS) is 1. The quantitative estimate of drug-likeness (QED) is 0.588. The van der Waals surface area contributed by atoms with Crippen LogP contribution in [0.3, 0.4) is 0 Å². The topological polar surface area (TPSA) is 82.5 Å². The van der Waals surface area contributed by atoms with Crippen molar-refractivity contribution in [2.75, 3.05) is 4.31 Å². The van der Waals surface area contributed by atoms with Gasteiger partial charge in [-0.3, -0.25) is 0 Å². The average molecular weight is 385 g/mol. The zero-order chi connectivity index (χ0) is 19.6. The maximum Gasteiger partial charge on any atom is 0.356 e. The molecule has 27 heavy (non-hydrogen) atoms. The Bertz CT molecular complexity index is 1010. The molecule has 8 heteroatoms. The van der Waals surface area contributed by atoms with Gasteiger partial charge in [0.1, 0.15) is 5.82 Å². The number of urea groups is 1. The van der Waals surface area contributed by atoms with E-state index in [9.17, 15) is 19.1 Å². The van der Waals surface area contributed by atoms with Gasteiger partial charge >= 0.3 is 12.0 Å². The first-order valence-electron chi connectivity index (χ1n) is 8.04. The number of fused-ring (bicyclic) bond motifs is 1. The van der Waals surface area contributed by atoms with Gasteiger partial charge in [-0.15, -0.1) is 0 Å². The third-order valence-corrected chi connectivity index (χ3v) is 4.47. The highest BCUT2D eigenvalue weighted by atomic mass is 32.1. The average Bonchev–Trinajstić information content (AvgIpc) is 2.66. The smallest absolute Gasteiger partial charge is 0.356 e. The van der Waals surface area contributed by atoms with Gasteiger partial charge in [0.05, 0.1) is 11.7 Å². The Balaban J connectivity index is 1.93. The van der Waals surface area contributed by atoms with Crippen molar-refractivity contribution in [2.24, 2.45) is 0 Å². The number of aromatic nitrogens is 1. The first kappa shape index (κ1) is 18.7. The number of pyridine rings is 1. The molecule has 138 valence electrons. The van der Waals surface area contributed by atoms with Crippen LogP contribution in [0.4, 0.5) is 14.9 Å². The van der Waals surface area contributed by atoms with Gasteiger partial charge in [-0.25, -0.2) is 23.3 Å². The monoisotopic (exact) mass is 385 g/mol. The Morgan fingerprint density at radius 1 is 1.19 bits per heavy atom. The summed E-state index contributed by atoms with van der Waals surface area (Å²) in [4.78, 5) is 28.2. The van der Waals surface area contributed by atoms with E-state index in [1.54, 1.807) is 43.3 Å². The highest BCUT2D eigenvalue weighted by molar-refractivity contribution is 7.82. The van der Waals surface area contributed by atoms with Crippen LogP contribution in [0.15, 0.2) is 54.7 Å². The molecule has 1 heterocycles. The summed E-state index contributed by atoms with van der Waals surface area (Å²) in [5.74, 6) is -1.64. The van der Waals surface area contributed by atoms with E-state index in [1.807, 2.05) is 0 Å². The zero-order valence-electron chi connectivity index (χ0n) is 14.3. The van der Waals surface area contributed by atoms with E-state index < -0.39 is 18.0 Å². The molecule has 1 unspecified atom stereocenters. The van der Waals surface area contributed by atoms with Crippen LogP contribution >= 0.6 is 12.8 Å². The van der Waals surface area contributed by atoms with Crippen LogP contribution in [0.25, 0.3) is 10.8 Å². The molecule has 2 aromatic carbocycles.